The SMILES string of the molecule is CCCCCC/C=C\C=C/CCCCCCCC(=O)O[C@H](COC(=O)CCCCCCCCC)COP(=O)(O)OC[C@H](O)COP(=O)(O)OC[C@@H](COC(=O)CCCCCCCCCCCCCCCCCCCCC(C)C)OC(=O)CCCCCCCCCCCCCCCCCCCCCCCC. The Bertz CT molecular complexity index is 2090. The van der Waals surface area contributed by atoms with Crippen LogP contribution in [0, 0.1) is 5.92 Å². The molecule has 0 spiro atoms. The van der Waals surface area contributed by atoms with E-state index in [1.54, 1.807) is 0 Å². The summed E-state index contributed by atoms with van der Waals surface area (Å²) in [6.45, 7) is 7.28. The first-order chi connectivity index (χ1) is 51.0. The molecule has 2 unspecified atom stereocenters. The minimum absolute atomic E-state index is 0.0851. The average molecular weight is 1530 g/mol. The maximum absolute atomic E-state index is 13.1. The molecule has 0 saturated carbocycles. The first-order valence-corrected chi connectivity index (χ1v) is 46.9. The number of carbonyl (C=O) groups is 4. The number of phosphoric acid groups is 2. The van der Waals surface area contributed by atoms with Gasteiger partial charge in [-0.2, -0.15) is 0 Å². The van der Waals surface area contributed by atoms with Crippen molar-refractivity contribution in [2.45, 2.75) is 457 Å². The number of hydrogen-bond donors (Lipinski definition) is 3. The second-order valence-electron chi connectivity index (χ2n) is 30.7. The summed E-state index contributed by atoms with van der Waals surface area (Å²) < 4.78 is 68.7. The molecule has 17 nitrogen and oxygen atoms in total. The molecule has 105 heavy (non-hydrogen) atoms. The van der Waals surface area contributed by atoms with E-state index in [-0.39, 0.29) is 25.7 Å². The van der Waals surface area contributed by atoms with Gasteiger partial charge < -0.3 is 33.8 Å². The molecule has 0 radical (unpaired) electrons. The van der Waals surface area contributed by atoms with Gasteiger partial charge in [-0.3, -0.25) is 37.3 Å². The third-order valence-corrected chi connectivity index (χ3v) is 21.6. The van der Waals surface area contributed by atoms with Crippen molar-refractivity contribution in [2.75, 3.05) is 39.6 Å². The van der Waals surface area contributed by atoms with Gasteiger partial charge in [-0.25, -0.2) is 9.13 Å². The third kappa shape index (κ3) is 79.4. The fourth-order valence-electron chi connectivity index (χ4n) is 12.9. The number of unbranched alkanes of at least 4 members (excludes halogenated alkanes) is 53. The molecule has 0 aromatic carbocycles. The Labute approximate surface area is 643 Å². The normalized spacial score (nSPS) is 13.9. The Balaban J connectivity index is 5.18. The van der Waals surface area contributed by atoms with Crippen LogP contribution in [0.1, 0.15) is 439 Å². The zero-order chi connectivity index (χ0) is 76.9. The maximum Gasteiger partial charge on any atom is 0.472 e. The third-order valence-electron chi connectivity index (χ3n) is 19.7. The standard InChI is InChI=1S/C86H164O17P2/c1-6-9-12-15-18-20-22-24-26-27-28-29-30-31-36-40-44-48-52-57-62-67-72-86(91)103-82(76-97-84(89)70-65-60-55-50-46-42-39-35-33-32-34-38-41-45-49-54-58-63-68-79(4)5)78-101-105(94,95)99-74-80(87)73-98-104(92,93)100-77-81(75-96-83(88)69-64-59-53-17-14-11-8-3)102-85(90)71-66-61-56-51-47-43-37-25-23-21-19-16-13-10-7-2/h21,23,25,37,79-82,87H,6-20,22,24,26-36,38-78H2,1-5H3,(H,92,93)(H,94,95)/b23-21-,37-25-/t80-,81+,82+/m0/s1. The molecule has 0 aliphatic rings. The lowest BCUT2D eigenvalue weighted by molar-refractivity contribution is -0.161. The summed E-state index contributed by atoms with van der Waals surface area (Å²) in [5.41, 5.74) is 0. The Morgan fingerprint density at radius 2 is 0.514 bits per heavy atom. The van der Waals surface area contributed by atoms with Crippen molar-refractivity contribution in [2.24, 2.45) is 5.92 Å². The molecule has 0 rings (SSSR count). The molecule has 0 bridgehead atoms. The monoisotopic (exact) mass is 1530 g/mol. The topological polar surface area (TPSA) is 237 Å². The van der Waals surface area contributed by atoms with E-state index in [1.807, 2.05) is 0 Å². The van der Waals surface area contributed by atoms with Crippen molar-refractivity contribution >= 4 is 39.5 Å². The molecule has 0 aliphatic heterocycles. The number of rotatable bonds is 84. The van der Waals surface area contributed by atoms with Crippen molar-refractivity contribution in [3.63, 3.8) is 0 Å². The van der Waals surface area contributed by atoms with Gasteiger partial charge in [0.1, 0.15) is 19.3 Å². The number of hydrogen-bond acceptors (Lipinski definition) is 15. The highest BCUT2D eigenvalue weighted by molar-refractivity contribution is 7.47. The van der Waals surface area contributed by atoms with E-state index in [9.17, 15) is 43.2 Å². The van der Waals surface area contributed by atoms with Gasteiger partial charge in [-0.15, -0.1) is 0 Å². The fraction of sp³-hybridized carbons (Fsp3) is 0.907. The van der Waals surface area contributed by atoms with E-state index in [2.05, 4.69) is 58.9 Å². The van der Waals surface area contributed by atoms with Crippen LogP contribution in [0.2, 0.25) is 0 Å². The molecule has 0 saturated heterocycles. The Kier molecular flexibility index (Phi) is 76.4. The van der Waals surface area contributed by atoms with E-state index >= 15 is 0 Å². The minimum atomic E-state index is -4.97. The van der Waals surface area contributed by atoms with E-state index < -0.39 is 97.5 Å². The van der Waals surface area contributed by atoms with Crippen LogP contribution in [-0.2, 0) is 65.4 Å². The number of esters is 4. The van der Waals surface area contributed by atoms with E-state index in [1.165, 1.54) is 238 Å². The van der Waals surface area contributed by atoms with Gasteiger partial charge in [0.25, 0.3) is 0 Å². The molecular weight excluding hydrogens is 1370 g/mol. The van der Waals surface area contributed by atoms with Gasteiger partial charge in [0.15, 0.2) is 12.2 Å². The highest BCUT2D eigenvalue weighted by atomic mass is 31.2. The lowest BCUT2D eigenvalue weighted by atomic mass is 10.0. The largest absolute Gasteiger partial charge is 0.472 e. The predicted molar refractivity (Wildman–Crippen MR) is 432 cm³/mol. The van der Waals surface area contributed by atoms with Crippen LogP contribution in [0.5, 0.6) is 0 Å². The van der Waals surface area contributed by atoms with E-state index in [0.717, 1.165) is 121 Å². The molecule has 0 amide bonds. The molecule has 0 aliphatic carbocycles. The summed E-state index contributed by atoms with van der Waals surface area (Å²) in [4.78, 5) is 73.0. The molecular formula is C86H164O17P2. The van der Waals surface area contributed by atoms with Crippen molar-refractivity contribution in [3.05, 3.63) is 24.3 Å². The van der Waals surface area contributed by atoms with Crippen molar-refractivity contribution in [1.29, 1.82) is 0 Å². The molecule has 0 fully saturated rings. The van der Waals surface area contributed by atoms with Crippen LogP contribution >= 0.6 is 15.6 Å². The Morgan fingerprint density at radius 1 is 0.295 bits per heavy atom. The lowest BCUT2D eigenvalue weighted by Crippen LogP contribution is -2.30. The summed E-state index contributed by atoms with van der Waals surface area (Å²) in [6.07, 6.45) is 74.8. The number of aliphatic hydroxyl groups is 1. The maximum atomic E-state index is 13.1. The zero-order valence-corrected chi connectivity index (χ0v) is 70.1. The Hall–Kier alpha value is -2.46. The molecule has 0 heterocycles. The molecule has 5 atom stereocenters. The first kappa shape index (κ1) is 103. The summed E-state index contributed by atoms with van der Waals surface area (Å²) in [5, 5.41) is 10.6. The molecule has 3 N–H and O–H groups in total. The summed E-state index contributed by atoms with van der Waals surface area (Å²) in [5.74, 6) is -1.32. The first-order valence-electron chi connectivity index (χ1n) is 44.0. The van der Waals surface area contributed by atoms with Crippen molar-refractivity contribution in [3.8, 4) is 0 Å². The van der Waals surface area contributed by atoms with Crippen LogP contribution in [0.25, 0.3) is 0 Å². The average Bonchev–Trinajstić information content (AvgIpc) is 0.962. The number of carbonyl (C=O) groups excluding carboxylic acids is 4. The summed E-state index contributed by atoms with van der Waals surface area (Å²) >= 11 is 0. The van der Waals surface area contributed by atoms with Gasteiger partial charge in [0.2, 0.25) is 0 Å². The van der Waals surface area contributed by atoms with Crippen LogP contribution in [0.3, 0.4) is 0 Å². The highest BCUT2D eigenvalue weighted by Gasteiger charge is 2.30. The molecule has 0 aromatic heterocycles. The zero-order valence-electron chi connectivity index (χ0n) is 68.4. The molecule has 0 aromatic rings. The number of allylic oxidation sites excluding steroid dienone is 4. The predicted octanol–water partition coefficient (Wildman–Crippen LogP) is 25.9. The summed E-state index contributed by atoms with van der Waals surface area (Å²) in [6, 6.07) is 0. The second-order valence-corrected chi connectivity index (χ2v) is 33.6. The summed E-state index contributed by atoms with van der Waals surface area (Å²) in [7, 11) is -9.93. The molecule has 620 valence electrons. The molecule has 19 heteroatoms. The van der Waals surface area contributed by atoms with Crippen LogP contribution in [0.4, 0.5) is 0 Å². The van der Waals surface area contributed by atoms with Crippen molar-refractivity contribution in [1.82, 2.24) is 0 Å². The Morgan fingerprint density at radius 3 is 0.781 bits per heavy atom. The van der Waals surface area contributed by atoms with Crippen LogP contribution in [0.15, 0.2) is 24.3 Å². The van der Waals surface area contributed by atoms with Gasteiger partial charge in [-0.1, -0.05) is 386 Å². The van der Waals surface area contributed by atoms with E-state index in [4.69, 9.17) is 37.0 Å². The fourth-order valence-corrected chi connectivity index (χ4v) is 14.5. The smallest absolute Gasteiger partial charge is 0.462 e. The van der Waals surface area contributed by atoms with Crippen LogP contribution < -0.4 is 0 Å². The second kappa shape index (κ2) is 78.2. The van der Waals surface area contributed by atoms with Gasteiger partial charge in [0, 0.05) is 25.7 Å². The van der Waals surface area contributed by atoms with Gasteiger partial charge in [-0.05, 0) is 57.3 Å². The van der Waals surface area contributed by atoms with Gasteiger partial charge in [0.05, 0.1) is 26.4 Å². The number of aliphatic hydroxyl groups excluding tert-OH is 1. The lowest BCUT2D eigenvalue weighted by Gasteiger charge is -2.21. The van der Waals surface area contributed by atoms with Crippen LogP contribution in [-0.4, -0.2) is 96.7 Å². The minimum Gasteiger partial charge on any atom is -0.462 e. The van der Waals surface area contributed by atoms with E-state index in [0.29, 0.717) is 25.7 Å². The number of ether oxygens (including phenoxy) is 4. The van der Waals surface area contributed by atoms with Crippen molar-refractivity contribution < 1.29 is 80.2 Å². The quantitative estimate of drug-likeness (QED) is 0.0169. The highest BCUT2D eigenvalue weighted by Crippen LogP contribution is 2.45. The number of phosphoric ester groups is 2. The van der Waals surface area contributed by atoms with Gasteiger partial charge >= 0.3 is 39.5 Å².